The van der Waals surface area contributed by atoms with Crippen molar-refractivity contribution in [3.05, 3.63) is 91.6 Å². The van der Waals surface area contributed by atoms with Crippen molar-refractivity contribution in [2.75, 3.05) is 7.11 Å². The van der Waals surface area contributed by atoms with E-state index in [2.05, 4.69) is 24.5 Å². The van der Waals surface area contributed by atoms with E-state index in [0.717, 1.165) is 0 Å². The maximum absolute atomic E-state index is 10.8. The van der Waals surface area contributed by atoms with Crippen molar-refractivity contribution in [2.45, 2.75) is 6.92 Å². The smallest absolute Gasteiger partial charge is 0.333 e. The molecule has 0 aliphatic heterocycles. The Kier molecular flexibility index (Phi) is 16.3. The number of benzene rings is 1. The van der Waals surface area contributed by atoms with Gasteiger partial charge in [0.15, 0.2) is 0 Å². The molecule has 23 heavy (non-hydrogen) atoms. The number of allylic oxidation sites excluding steroid dienone is 5. The van der Waals surface area contributed by atoms with E-state index in [1.807, 2.05) is 36.4 Å². The first-order chi connectivity index (χ1) is 11.1. The summed E-state index contributed by atoms with van der Waals surface area (Å²) in [6.45, 7) is 11.9. The number of hydrogen-bond acceptors (Lipinski definition) is 3. The van der Waals surface area contributed by atoms with Crippen molar-refractivity contribution >= 4 is 12.0 Å². The fraction of sp³-hybridized carbons (Fsp3) is 0.100. The maximum Gasteiger partial charge on any atom is 0.333 e. The van der Waals surface area contributed by atoms with E-state index < -0.39 is 0 Å². The molecule has 0 atom stereocenters. The van der Waals surface area contributed by atoms with Crippen LogP contribution in [-0.2, 0) is 9.53 Å². The van der Waals surface area contributed by atoms with Gasteiger partial charge in [-0.1, -0.05) is 80.4 Å². The van der Waals surface area contributed by atoms with E-state index in [-0.39, 0.29) is 5.97 Å². The van der Waals surface area contributed by atoms with Crippen LogP contribution < -0.4 is 0 Å². The van der Waals surface area contributed by atoms with Gasteiger partial charge in [0, 0.05) is 11.6 Å². The molecule has 3 nitrogen and oxygen atoms in total. The molecule has 0 fully saturated rings. The molecule has 0 amide bonds. The van der Waals surface area contributed by atoms with Gasteiger partial charge in [0.25, 0.3) is 0 Å². The number of hydrogen-bond donors (Lipinski definition) is 0. The van der Waals surface area contributed by atoms with Gasteiger partial charge < -0.3 is 4.74 Å². The lowest BCUT2D eigenvalue weighted by molar-refractivity contribution is -0.136. The number of esters is 1. The molecule has 3 heteroatoms. The van der Waals surface area contributed by atoms with Crippen LogP contribution in [0, 0.1) is 11.3 Å². The molecule has 0 N–H and O–H groups in total. The van der Waals surface area contributed by atoms with Crippen LogP contribution in [0.25, 0.3) is 6.08 Å². The predicted molar refractivity (Wildman–Crippen MR) is 97.5 cm³/mol. The molecular formula is C20H23NO2. The molecule has 0 saturated heterocycles. The number of rotatable bonds is 4. The van der Waals surface area contributed by atoms with Crippen molar-refractivity contribution in [1.82, 2.24) is 0 Å². The first-order valence-corrected chi connectivity index (χ1v) is 6.79. The second kappa shape index (κ2) is 16.9. The van der Waals surface area contributed by atoms with Gasteiger partial charge in [-0.25, -0.2) is 4.79 Å². The van der Waals surface area contributed by atoms with Crippen molar-refractivity contribution in [2.24, 2.45) is 0 Å². The van der Waals surface area contributed by atoms with Gasteiger partial charge in [-0.15, -0.1) is 0 Å². The normalized spacial score (nSPS) is 9.17. The van der Waals surface area contributed by atoms with E-state index in [1.54, 1.807) is 37.3 Å². The minimum absolute atomic E-state index is 0.307. The van der Waals surface area contributed by atoms with Crippen LogP contribution in [0.15, 0.2) is 86.0 Å². The molecule has 0 radical (unpaired) electrons. The summed E-state index contributed by atoms with van der Waals surface area (Å²) in [4.78, 5) is 10.8. The highest BCUT2D eigenvalue weighted by molar-refractivity contribution is 5.87. The average Bonchev–Trinajstić information content (AvgIpc) is 2.62. The maximum atomic E-state index is 10.8. The molecule has 0 heterocycles. The zero-order valence-corrected chi connectivity index (χ0v) is 13.7. The van der Waals surface area contributed by atoms with Crippen LogP contribution >= 0.6 is 0 Å². The minimum atomic E-state index is -0.307. The summed E-state index contributed by atoms with van der Waals surface area (Å²) in [5, 5.41) is 7.51. The van der Waals surface area contributed by atoms with Crippen LogP contribution in [-0.4, -0.2) is 13.1 Å². The average molecular weight is 309 g/mol. The molecule has 1 aromatic carbocycles. The van der Waals surface area contributed by atoms with E-state index in [0.29, 0.717) is 5.57 Å². The molecule has 120 valence electrons. The predicted octanol–water partition coefficient (Wildman–Crippen LogP) is 4.87. The Morgan fingerprint density at radius 1 is 1.17 bits per heavy atom. The van der Waals surface area contributed by atoms with Crippen LogP contribution in [0.2, 0.25) is 0 Å². The molecule has 1 rings (SSSR count). The van der Waals surface area contributed by atoms with Crippen molar-refractivity contribution in [3.8, 4) is 6.07 Å². The SMILES string of the molecule is C=C/C=C/C=C(\C)C(=O)OC.C=CC#N.C=Cc1ccccc1. The third-order valence-electron chi connectivity index (χ3n) is 2.23. The van der Waals surface area contributed by atoms with Crippen molar-refractivity contribution in [1.29, 1.82) is 5.26 Å². The topological polar surface area (TPSA) is 50.1 Å². The standard InChI is InChI=1S/C9H12O2.C8H8.C3H3N/c1-4-5-6-7-8(2)9(10)11-3;1-2-8-6-4-3-5-7-8;1-2-3-4/h4-7H,1H2,2-3H3;2-7H,1H2;2H,1H2/b6-5+,8-7+;;. The number of carbonyl (C=O) groups excluding carboxylic acids is 1. The molecule has 0 unspecified atom stereocenters. The Labute approximate surface area is 139 Å². The van der Waals surface area contributed by atoms with Gasteiger partial charge in [0.05, 0.1) is 13.2 Å². The largest absolute Gasteiger partial charge is 0.466 e. The van der Waals surface area contributed by atoms with E-state index >= 15 is 0 Å². The summed E-state index contributed by atoms with van der Waals surface area (Å²) in [6.07, 6.45) is 9.81. The fourth-order valence-electron chi connectivity index (χ4n) is 1.10. The molecule has 0 aromatic heterocycles. The molecule has 0 bridgehead atoms. The van der Waals surface area contributed by atoms with Gasteiger partial charge in [-0.2, -0.15) is 5.26 Å². The van der Waals surface area contributed by atoms with Gasteiger partial charge in [0.2, 0.25) is 0 Å². The summed E-state index contributed by atoms with van der Waals surface area (Å²) in [7, 11) is 1.36. The van der Waals surface area contributed by atoms with E-state index in [4.69, 9.17) is 5.26 Å². The number of nitriles is 1. The van der Waals surface area contributed by atoms with E-state index in [9.17, 15) is 4.79 Å². The monoisotopic (exact) mass is 309 g/mol. The Morgan fingerprint density at radius 3 is 2.09 bits per heavy atom. The number of nitrogens with zero attached hydrogens (tertiary/aromatic N) is 1. The fourth-order valence-corrected chi connectivity index (χ4v) is 1.10. The second-order valence-corrected chi connectivity index (χ2v) is 3.91. The molecule has 0 saturated carbocycles. The molecular weight excluding hydrogens is 286 g/mol. The highest BCUT2D eigenvalue weighted by atomic mass is 16.5. The van der Waals surface area contributed by atoms with Crippen molar-refractivity contribution < 1.29 is 9.53 Å². The van der Waals surface area contributed by atoms with Crippen molar-refractivity contribution in [3.63, 3.8) is 0 Å². The van der Waals surface area contributed by atoms with E-state index in [1.165, 1.54) is 18.7 Å². The van der Waals surface area contributed by atoms with Crippen LogP contribution in [0.4, 0.5) is 0 Å². The molecule has 0 aliphatic carbocycles. The number of ether oxygens (including phenoxy) is 1. The summed E-state index contributed by atoms with van der Waals surface area (Å²) in [5.41, 5.74) is 1.75. The molecule has 1 aromatic rings. The summed E-state index contributed by atoms with van der Waals surface area (Å²) >= 11 is 0. The zero-order valence-electron chi connectivity index (χ0n) is 13.7. The third kappa shape index (κ3) is 15.1. The van der Waals surface area contributed by atoms with Gasteiger partial charge in [-0.3, -0.25) is 0 Å². The van der Waals surface area contributed by atoms with Gasteiger partial charge in [0.1, 0.15) is 0 Å². The first kappa shape index (κ1) is 22.2. The van der Waals surface area contributed by atoms with Gasteiger partial charge in [-0.05, 0) is 12.5 Å². The summed E-state index contributed by atoms with van der Waals surface area (Å²) in [6, 6.07) is 11.7. The van der Waals surface area contributed by atoms with Crippen LogP contribution in [0.3, 0.4) is 0 Å². The lowest BCUT2D eigenvalue weighted by atomic mass is 10.2. The lowest BCUT2D eigenvalue weighted by Crippen LogP contribution is -2.00. The van der Waals surface area contributed by atoms with Crippen LogP contribution in [0.5, 0.6) is 0 Å². The third-order valence-corrected chi connectivity index (χ3v) is 2.23. The second-order valence-electron chi connectivity index (χ2n) is 3.91. The summed E-state index contributed by atoms with van der Waals surface area (Å²) < 4.78 is 4.48. The number of carbonyl (C=O) groups is 1. The lowest BCUT2D eigenvalue weighted by Gasteiger charge is -1.94. The Hall–Kier alpha value is -3.12. The highest BCUT2D eigenvalue weighted by Gasteiger charge is 1.99. The van der Waals surface area contributed by atoms with Gasteiger partial charge >= 0.3 is 5.97 Å². The highest BCUT2D eigenvalue weighted by Crippen LogP contribution is 1.97. The molecule has 0 spiro atoms. The summed E-state index contributed by atoms with van der Waals surface area (Å²) in [5.74, 6) is -0.307. The number of methoxy groups -OCH3 is 1. The first-order valence-electron chi connectivity index (χ1n) is 6.79. The Bertz CT molecular complexity index is 575. The van der Waals surface area contributed by atoms with Crippen LogP contribution in [0.1, 0.15) is 12.5 Å². The quantitative estimate of drug-likeness (QED) is 0.345. The Balaban J connectivity index is 0. The molecule has 0 aliphatic rings. The minimum Gasteiger partial charge on any atom is -0.466 e. The zero-order chi connectivity index (χ0) is 17.9. The Morgan fingerprint density at radius 2 is 1.74 bits per heavy atom.